The largest absolute Gasteiger partial charge is 0.508 e. The SMILES string of the molecule is CC(C)(C)OC(=O)NC1CCN(c2cccc(O)c2)CC1. The highest BCUT2D eigenvalue weighted by Crippen LogP contribution is 2.23. The standard InChI is InChI=1S/C16H24N2O3/c1-16(2,3)21-15(20)17-12-7-9-18(10-8-12)13-5-4-6-14(19)11-13/h4-6,11-12,19H,7-10H2,1-3H3,(H,17,20). The molecule has 1 saturated heterocycles. The normalized spacial score (nSPS) is 16.6. The molecule has 1 amide bonds. The monoisotopic (exact) mass is 292 g/mol. The van der Waals surface area contributed by atoms with Gasteiger partial charge in [0, 0.05) is 30.9 Å². The van der Waals surface area contributed by atoms with Crippen LogP contribution in [0.25, 0.3) is 0 Å². The van der Waals surface area contributed by atoms with E-state index in [-0.39, 0.29) is 17.9 Å². The maximum absolute atomic E-state index is 11.7. The third kappa shape index (κ3) is 4.85. The number of phenolic OH excluding ortho intramolecular Hbond substituents is 1. The van der Waals surface area contributed by atoms with Crippen LogP contribution in [0.1, 0.15) is 33.6 Å². The third-order valence-electron chi connectivity index (χ3n) is 3.41. The van der Waals surface area contributed by atoms with E-state index in [1.165, 1.54) is 0 Å². The van der Waals surface area contributed by atoms with Crippen molar-refractivity contribution in [1.82, 2.24) is 5.32 Å². The quantitative estimate of drug-likeness (QED) is 0.880. The first-order valence-corrected chi connectivity index (χ1v) is 7.37. The van der Waals surface area contributed by atoms with Gasteiger partial charge in [0.05, 0.1) is 0 Å². The summed E-state index contributed by atoms with van der Waals surface area (Å²) in [5.41, 5.74) is 0.553. The van der Waals surface area contributed by atoms with Crippen LogP contribution in [0.5, 0.6) is 5.75 Å². The van der Waals surface area contributed by atoms with Gasteiger partial charge in [-0.05, 0) is 45.7 Å². The van der Waals surface area contributed by atoms with E-state index in [2.05, 4.69) is 10.2 Å². The lowest BCUT2D eigenvalue weighted by Crippen LogP contribution is -2.46. The Morgan fingerprint density at radius 1 is 1.33 bits per heavy atom. The number of phenols is 1. The molecule has 1 aliphatic rings. The number of nitrogens with zero attached hydrogens (tertiary/aromatic N) is 1. The average molecular weight is 292 g/mol. The maximum Gasteiger partial charge on any atom is 0.407 e. The summed E-state index contributed by atoms with van der Waals surface area (Å²) < 4.78 is 5.27. The lowest BCUT2D eigenvalue weighted by molar-refractivity contribution is 0.0497. The molecule has 0 aromatic heterocycles. The number of anilines is 1. The van der Waals surface area contributed by atoms with E-state index in [4.69, 9.17) is 4.74 Å². The number of hydrogen-bond donors (Lipinski definition) is 2. The second-order valence-corrected chi connectivity index (χ2v) is 6.43. The number of nitrogens with one attached hydrogen (secondary N) is 1. The Hall–Kier alpha value is -1.91. The van der Waals surface area contributed by atoms with E-state index in [1.54, 1.807) is 12.1 Å². The first kappa shape index (κ1) is 15.5. The number of amides is 1. The summed E-state index contributed by atoms with van der Waals surface area (Å²) in [5.74, 6) is 0.279. The van der Waals surface area contributed by atoms with Gasteiger partial charge in [0.1, 0.15) is 11.4 Å². The molecule has 0 radical (unpaired) electrons. The van der Waals surface area contributed by atoms with Gasteiger partial charge in [0.15, 0.2) is 0 Å². The Labute approximate surface area is 125 Å². The van der Waals surface area contributed by atoms with Crippen molar-refractivity contribution in [2.75, 3.05) is 18.0 Å². The Bertz CT molecular complexity index is 489. The average Bonchev–Trinajstić information content (AvgIpc) is 2.37. The molecule has 2 rings (SSSR count). The van der Waals surface area contributed by atoms with Gasteiger partial charge in [0.25, 0.3) is 0 Å². The van der Waals surface area contributed by atoms with E-state index >= 15 is 0 Å². The van der Waals surface area contributed by atoms with Crippen LogP contribution in [0.2, 0.25) is 0 Å². The van der Waals surface area contributed by atoms with Crippen LogP contribution >= 0.6 is 0 Å². The van der Waals surface area contributed by atoms with Crippen LogP contribution in [0.3, 0.4) is 0 Å². The lowest BCUT2D eigenvalue weighted by Gasteiger charge is -2.34. The van der Waals surface area contributed by atoms with E-state index in [0.717, 1.165) is 31.6 Å². The zero-order valence-corrected chi connectivity index (χ0v) is 12.9. The van der Waals surface area contributed by atoms with Crippen molar-refractivity contribution in [3.05, 3.63) is 24.3 Å². The summed E-state index contributed by atoms with van der Waals surface area (Å²) in [4.78, 5) is 14.0. The predicted octanol–water partition coefficient (Wildman–Crippen LogP) is 2.89. The van der Waals surface area contributed by atoms with Crippen molar-refractivity contribution in [3.8, 4) is 5.75 Å². The second-order valence-electron chi connectivity index (χ2n) is 6.43. The molecule has 1 fully saturated rings. The van der Waals surface area contributed by atoms with Crippen LogP contribution in [0.4, 0.5) is 10.5 Å². The highest BCUT2D eigenvalue weighted by molar-refractivity contribution is 5.68. The maximum atomic E-state index is 11.7. The molecule has 1 aromatic carbocycles. The smallest absolute Gasteiger partial charge is 0.407 e. The van der Waals surface area contributed by atoms with E-state index < -0.39 is 5.60 Å². The van der Waals surface area contributed by atoms with Crippen molar-refractivity contribution in [3.63, 3.8) is 0 Å². The number of carbonyl (C=O) groups excluding carboxylic acids is 1. The zero-order valence-electron chi connectivity index (χ0n) is 12.9. The molecular formula is C16H24N2O3. The fraction of sp³-hybridized carbons (Fsp3) is 0.562. The van der Waals surface area contributed by atoms with Gasteiger partial charge >= 0.3 is 6.09 Å². The van der Waals surface area contributed by atoms with Crippen molar-refractivity contribution >= 4 is 11.8 Å². The molecule has 0 atom stereocenters. The second kappa shape index (κ2) is 6.24. The molecular weight excluding hydrogens is 268 g/mol. The Balaban J connectivity index is 1.82. The van der Waals surface area contributed by atoms with Gasteiger partial charge < -0.3 is 20.1 Å². The number of aromatic hydroxyl groups is 1. The molecule has 116 valence electrons. The van der Waals surface area contributed by atoms with Crippen LogP contribution in [0, 0.1) is 0 Å². The van der Waals surface area contributed by atoms with Gasteiger partial charge in [0.2, 0.25) is 0 Å². The summed E-state index contributed by atoms with van der Waals surface area (Å²) in [6.45, 7) is 7.28. The molecule has 5 nitrogen and oxygen atoms in total. The Morgan fingerprint density at radius 2 is 2.00 bits per heavy atom. The van der Waals surface area contributed by atoms with Crippen molar-refractivity contribution in [2.24, 2.45) is 0 Å². The minimum atomic E-state index is -0.466. The van der Waals surface area contributed by atoms with Crippen LogP contribution in [-0.2, 0) is 4.74 Å². The number of alkyl carbamates (subject to hydrolysis) is 1. The fourth-order valence-electron chi connectivity index (χ4n) is 2.45. The molecule has 0 spiro atoms. The van der Waals surface area contributed by atoms with Gasteiger partial charge in [-0.1, -0.05) is 6.07 Å². The highest BCUT2D eigenvalue weighted by Gasteiger charge is 2.23. The first-order chi connectivity index (χ1) is 9.83. The molecule has 21 heavy (non-hydrogen) atoms. The highest BCUT2D eigenvalue weighted by atomic mass is 16.6. The Kier molecular flexibility index (Phi) is 4.60. The van der Waals surface area contributed by atoms with Gasteiger partial charge in [-0.25, -0.2) is 4.79 Å². The first-order valence-electron chi connectivity index (χ1n) is 7.37. The number of hydrogen-bond acceptors (Lipinski definition) is 4. The van der Waals surface area contributed by atoms with E-state index in [1.807, 2.05) is 32.9 Å². The molecule has 1 aliphatic heterocycles. The van der Waals surface area contributed by atoms with Gasteiger partial charge in [-0.2, -0.15) is 0 Å². The lowest BCUT2D eigenvalue weighted by atomic mass is 10.0. The third-order valence-corrected chi connectivity index (χ3v) is 3.41. The molecule has 1 heterocycles. The molecule has 5 heteroatoms. The van der Waals surface area contributed by atoms with E-state index in [9.17, 15) is 9.90 Å². The minimum Gasteiger partial charge on any atom is -0.508 e. The van der Waals surface area contributed by atoms with Gasteiger partial charge in [-0.3, -0.25) is 0 Å². The number of ether oxygens (including phenoxy) is 1. The van der Waals surface area contributed by atoms with Crippen molar-refractivity contribution < 1.29 is 14.6 Å². The molecule has 1 aromatic rings. The van der Waals surface area contributed by atoms with Crippen LogP contribution in [0.15, 0.2) is 24.3 Å². The molecule has 0 bridgehead atoms. The van der Waals surface area contributed by atoms with Gasteiger partial charge in [-0.15, -0.1) is 0 Å². The number of carbonyl (C=O) groups is 1. The summed E-state index contributed by atoms with van der Waals surface area (Å²) in [7, 11) is 0. The van der Waals surface area contributed by atoms with Crippen molar-refractivity contribution in [2.45, 2.75) is 45.3 Å². The van der Waals surface area contributed by atoms with Crippen LogP contribution in [-0.4, -0.2) is 35.9 Å². The van der Waals surface area contributed by atoms with E-state index in [0.29, 0.717) is 0 Å². The summed E-state index contributed by atoms with van der Waals surface area (Å²) >= 11 is 0. The summed E-state index contributed by atoms with van der Waals surface area (Å²) in [5, 5.41) is 12.4. The van der Waals surface area contributed by atoms with Crippen molar-refractivity contribution in [1.29, 1.82) is 0 Å². The molecule has 0 aliphatic carbocycles. The topological polar surface area (TPSA) is 61.8 Å². The summed E-state index contributed by atoms with van der Waals surface area (Å²) in [6, 6.07) is 7.41. The number of rotatable bonds is 2. The summed E-state index contributed by atoms with van der Waals surface area (Å²) in [6.07, 6.45) is 1.39. The molecule has 0 saturated carbocycles. The Morgan fingerprint density at radius 3 is 2.57 bits per heavy atom. The fourth-order valence-corrected chi connectivity index (χ4v) is 2.45. The molecule has 2 N–H and O–H groups in total. The predicted molar refractivity (Wildman–Crippen MR) is 82.7 cm³/mol. The number of piperidine rings is 1. The number of benzene rings is 1. The van der Waals surface area contributed by atoms with Crippen LogP contribution < -0.4 is 10.2 Å². The minimum absolute atomic E-state index is 0.147. The zero-order chi connectivity index (χ0) is 15.5. The molecule has 0 unspecified atom stereocenters.